The molecule has 0 spiro atoms. The van der Waals surface area contributed by atoms with Crippen molar-refractivity contribution in [2.75, 3.05) is 0 Å². The second-order valence-corrected chi connectivity index (χ2v) is 10.2. The minimum Gasteiger partial charge on any atom is -0.481 e. The number of hydrogen-bond donors (Lipinski definition) is 2. The molecule has 0 saturated carbocycles. The molecule has 0 aliphatic carbocycles. The fourth-order valence-electron chi connectivity index (χ4n) is 6.04. The highest BCUT2D eigenvalue weighted by Gasteiger charge is 2.58. The quantitative estimate of drug-likeness (QED) is 0.318. The molecule has 3 aromatic carbocycles. The van der Waals surface area contributed by atoms with Gasteiger partial charge in [0.25, 0.3) is 0 Å². The lowest BCUT2D eigenvalue weighted by molar-refractivity contribution is -0.156. The maximum atomic E-state index is 13.3. The summed E-state index contributed by atoms with van der Waals surface area (Å²) in [6.45, 7) is 3.67. The van der Waals surface area contributed by atoms with Crippen molar-refractivity contribution < 1.29 is 19.8 Å². The Balaban J connectivity index is 1.86. The highest BCUT2D eigenvalue weighted by molar-refractivity contribution is 6.30. The topological polar surface area (TPSA) is 87.0 Å². The predicted molar refractivity (Wildman–Crippen MR) is 147 cm³/mol. The van der Waals surface area contributed by atoms with E-state index in [0.29, 0.717) is 29.1 Å². The molecule has 4 unspecified atom stereocenters. The summed E-state index contributed by atoms with van der Waals surface area (Å²) >= 11 is 6.33. The van der Waals surface area contributed by atoms with E-state index in [4.69, 9.17) is 16.6 Å². The molecular weight excluding hydrogens is 486 g/mol. The Morgan fingerprint density at radius 1 is 0.946 bits per heavy atom. The first kappa shape index (κ1) is 26.6. The first-order valence-corrected chi connectivity index (χ1v) is 13.1. The Morgan fingerprint density at radius 3 is 2.03 bits per heavy atom. The zero-order chi connectivity index (χ0) is 26.6. The van der Waals surface area contributed by atoms with Crippen LogP contribution in [0.2, 0.25) is 5.02 Å². The summed E-state index contributed by atoms with van der Waals surface area (Å²) in [6, 6.07) is 26.4. The summed E-state index contributed by atoms with van der Waals surface area (Å²) in [7, 11) is 0. The smallest absolute Gasteiger partial charge is 0.312 e. The largest absolute Gasteiger partial charge is 0.481 e. The van der Waals surface area contributed by atoms with Gasteiger partial charge in [-0.1, -0.05) is 91.3 Å². The van der Waals surface area contributed by atoms with Crippen LogP contribution in [0.3, 0.4) is 0 Å². The van der Waals surface area contributed by atoms with Crippen LogP contribution in [0.1, 0.15) is 61.6 Å². The zero-order valence-electron chi connectivity index (χ0n) is 21.0. The number of hydrogen-bond acceptors (Lipinski definition) is 3. The van der Waals surface area contributed by atoms with E-state index in [1.165, 1.54) is 0 Å². The predicted octanol–water partition coefficient (Wildman–Crippen LogP) is 7.06. The number of carbonyl (C=O) groups is 2. The van der Waals surface area contributed by atoms with Crippen molar-refractivity contribution in [2.45, 2.75) is 51.0 Å². The van der Waals surface area contributed by atoms with Crippen molar-refractivity contribution in [1.29, 1.82) is 0 Å². The molecular formula is C31H32ClNO4. The second kappa shape index (κ2) is 11.3. The van der Waals surface area contributed by atoms with E-state index in [2.05, 4.69) is 24.3 Å². The maximum Gasteiger partial charge on any atom is 0.312 e. The molecule has 4 rings (SSSR count). The number of carboxylic acid groups (broad SMARTS) is 2. The van der Waals surface area contributed by atoms with Gasteiger partial charge in [-0.15, -0.1) is 0 Å². The third-order valence-electron chi connectivity index (χ3n) is 7.84. The van der Waals surface area contributed by atoms with E-state index >= 15 is 0 Å². The molecule has 1 aliphatic rings. The molecule has 0 radical (unpaired) electrons. The Hall–Kier alpha value is -3.44. The Morgan fingerprint density at radius 2 is 1.54 bits per heavy atom. The van der Waals surface area contributed by atoms with Crippen LogP contribution >= 0.6 is 11.6 Å². The number of benzene rings is 3. The number of aliphatic imine (C=N–C) groups is 1. The molecule has 5 nitrogen and oxygen atoms in total. The SMILES string of the molecule is CCC1=NC(C)C(CCC(c2ccccc2)c2ccccc2)(C(=O)O)C(c2cccc(Cl)c2)C1C(=O)O. The van der Waals surface area contributed by atoms with Gasteiger partial charge in [-0.3, -0.25) is 14.6 Å². The van der Waals surface area contributed by atoms with Gasteiger partial charge < -0.3 is 10.2 Å². The molecule has 1 aliphatic heterocycles. The Bertz CT molecular complexity index is 1240. The summed E-state index contributed by atoms with van der Waals surface area (Å²) in [6.07, 6.45) is 1.20. The van der Waals surface area contributed by atoms with Crippen molar-refractivity contribution in [1.82, 2.24) is 0 Å². The van der Waals surface area contributed by atoms with Crippen LogP contribution in [0.5, 0.6) is 0 Å². The van der Waals surface area contributed by atoms with E-state index in [0.717, 1.165) is 11.1 Å². The van der Waals surface area contributed by atoms with Crippen LogP contribution in [0.4, 0.5) is 0 Å². The zero-order valence-corrected chi connectivity index (χ0v) is 21.8. The normalized spacial score (nSPS) is 23.5. The van der Waals surface area contributed by atoms with Gasteiger partial charge in [0.1, 0.15) is 5.92 Å². The summed E-state index contributed by atoms with van der Waals surface area (Å²) in [5.41, 5.74) is 1.87. The Kier molecular flexibility index (Phi) is 8.13. The molecule has 0 bridgehead atoms. The van der Waals surface area contributed by atoms with Crippen molar-refractivity contribution in [3.63, 3.8) is 0 Å². The fourth-order valence-corrected chi connectivity index (χ4v) is 6.24. The van der Waals surface area contributed by atoms with Crippen molar-refractivity contribution >= 4 is 29.3 Å². The molecule has 192 valence electrons. The molecule has 0 fully saturated rings. The molecule has 3 aromatic rings. The van der Waals surface area contributed by atoms with Crippen molar-refractivity contribution in [3.8, 4) is 0 Å². The third kappa shape index (κ3) is 5.19. The van der Waals surface area contributed by atoms with Crippen LogP contribution in [-0.4, -0.2) is 33.9 Å². The molecule has 4 atom stereocenters. The van der Waals surface area contributed by atoms with Crippen LogP contribution in [0.15, 0.2) is 89.9 Å². The first-order valence-electron chi connectivity index (χ1n) is 12.7. The van der Waals surface area contributed by atoms with E-state index in [1.54, 1.807) is 31.2 Å². The number of carboxylic acids is 2. The van der Waals surface area contributed by atoms with E-state index in [1.807, 2.05) is 43.3 Å². The monoisotopic (exact) mass is 517 g/mol. The van der Waals surface area contributed by atoms with Gasteiger partial charge in [-0.25, -0.2) is 0 Å². The van der Waals surface area contributed by atoms with Gasteiger partial charge in [-0.2, -0.15) is 0 Å². The molecule has 1 heterocycles. The lowest BCUT2D eigenvalue weighted by atomic mass is 9.57. The molecule has 0 saturated heterocycles. The van der Waals surface area contributed by atoms with E-state index in [9.17, 15) is 19.8 Å². The number of aliphatic carboxylic acids is 2. The summed E-state index contributed by atoms with van der Waals surface area (Å²) in [4.78, 5) is 30.7. The molecule has 37 heavy (non-hydrogen) atoms. The number of nitrogens with zero attached hydrogens (tertiary/aromatic N) is 1. The van der Waals surface area contributed by atoms with Crippen LogP contribution in [-0.2, 0) is 9.59 Å². The highest BCUT2D eigenvalue weighted by atomic mass is 35.5. The average molecular weight is 518 g/mol. The minimum absolute atomic E-state index is 0.0503. The van der Waals surface area contributed by atoms with Crippen LogP contribution < -0.4 is 0 Å². The van der Waals surface area contributed by atoms with Gasteiger partial charge in [0.05, 0.1) is 11.5 Å². The maximum absolute atomic E-state index is 13.3. The molecule has 0 amide bonds. The van der Waals surface area contributed by atoms with Gasteiger partial charge in [0.2, 0.25) is 0 Å². The molecule has 6 heteroatoms. The lowest BCUT2D eigenvalue weighted by Crippen LogP contribution is -2.54. The van der Waals surface area contributed by atoms with Gasteiger partial charge in [0, 0.05) is 22.6 Å². The van der Waals surface area contributed by atoms with Crippen LogP contribution in [0, 0.1) is 11.3 Å². The second-order valence-electron chi connectivity index (χ2n) is 9.76. The summed E-state index contributed by atoms with van der Waals surface area (Å²) in [5, 5.41) is 21.7. The van der Waals surface area contributed by atoms with Gasteiger partial charge >= 0.3 is 11.9 Å². The van der Waals surface area contributed by atoms with Crippen molar-refractivity contribution in [3.05, 3.63) is 107 Å². The third-order valence-corrected chi connectivity index (χ3v) is 8.07. The van der Waals surface area contributed by atoms with Crippen LogP contribution in [0.25, 0.3) is 0 Å². The molecule has 0 aromatic heterocycles. The van der Waals surface area contributed by atoms with Crippen molar-refractivity contribution in [2.24, 2.45) is 16.3 Å². The average Bonchev–Trinajstić information content (AvgIpc) is 2.90. The number of halogens is 1. The number of rotatable bonds is 9. The first-order chi connectivity index (χ1) is 17.8. The lowest BCUT2D eigenvalue weighted by Gasteiger charge is -2.47. The minimum atomic E-state index is -1.44. The summed E-state index contributed by atoms with van der Waals surface area (Å²) in [5.74, 6) is -4.02. The summed E-state index contributed by atoms with van der Waals surface area (Å²) < 4.78 is 0. The highest BCUT2D eigenvalue weighted by Crippen LogP contribution is 2.53. The Labute approximate surface area is 222 Å². The standard InChI is InChI=1S/C31H32ClNO4/c1-3-26-27(29(34)35)28(23-15-10-16-24(32)19-23)31(30(36)37,20(2)33-26)18-17-25(21-11-6-4-7-12-21)22-13-8-5-9-14-22/h4-16,19-20,25,27-28H,3,17-18H2,1-2H3,(H,34,35)(H,36,37). The van der Waals surface area contributed by atoms with Gasteiger partial charge in [0.15, 0.2) is 0 Å². The fraction of sp³-hybridized carbons (Fsp3) is 0.323. The molecule has 2 N–H and O–H groups in total. The van der Waals surface area contributed by atoms with E-state index in [-0.39, 0.29) is 12.3 Å². The van der Waals surface area contributed by atoms with Gasteiger partial charge in [-0.05, 0) is 55.0 Å². The van der Waals surface area contributed by atoms with E-state index < -0.39 is 35.2 Å².